The molecule has 0 saturated carbocycles. The van der Waals surface area contributed by atoms with E-state index in [-0.39, 0.29) is 17.1 Å². The number of benzene rings is 4. The lowest BCUT2D eigenvalue weighted by Crippen LogP contribution is -2.18. The van der Waals surface area contributed by atoms with Crippen molar-refractivity contribution in [1.29, 1.82) is 0 Å². The molecular formula is C44H32F12N6O13. The number of hydrogen-bond donors (Lipinski definition) is 5. The Morgan fingerprint density at radius 1 is 0.587 bits per heavy atom. The van der Waals surface area contributed by atoms with E-state index in [2.05, 4.69) is 43.7 Å². The molecule has 3 amide bonds. The largest absolute Gasteiger partial charge is 0.573 e. The summed E-state index contributed by atoms with van der Waals surface area (Å²) in [6.07, 6.45) is -7.92. The summed E-state index contributed by atoms with van der Waals surface area (Å²) in [5, 5.41) is 11.4. The zero-order valence-electron chi connectivity index (χ0n) is 42.4. The Bertz CT molecular complexity index is 3220. The second-order valence-electron chi connectivity index (χ2n) is 13.4. The molecule has 19 nitrogen and oxygen atoms in total. The number of rotatable bonds is 17. The van der Waals surface area contributed by atoms with Crippen LogP contribution in [0, 0.1) is 11.6 Å². The van der Waals surface area contributed by atoms with Crippen molar-refractivity contribution in [2.45, 2.75) is 25.9 Å². The first-order chi connectivity index (χ1) is 37.4. The smallest absolute Gasteiger partial charge is 0.493 e. The van der Waals surface area contributed by atoms with Crippen LogP contribution in [-0.2, 0) is 0 Å². The van der Waals surface area contributed by atoms with Gasteiger partial charge in [-0.3, -0.25) is 14.4 Å². The van der Waals surface area contributed by atoms with Crippen molar-refractivity contribution in [3.63, 3.8) is 0 Å². The van der Waals surface area contributed by atoms with Gasteiger partial charge in [-0.05, 0) is 72.8 Å². The average molecular weight is 1090 g/mol. The fraction of sp³-hybridized carbons (Fsp3) is 0.136. The molecule has 0 unspecified atom stereocenters. The van der Waals surface area contributed by atoms with Crippen molar-refractivity contribution in [3.8, 4) is 57.5 Å². The first-order valence-electron chi connectivity index (χ1n) is 22.3. The molecule has 2 aromatic heterocycles. The van der Waals surface area contributed by atoms with Crippen molar-refractivity contribution in [2.75, 3.05) is 25.1 Å². The second-order valence-corrected chi connectivity index (χ2v) is 13.4. The molecule has 4 aromatic carbocycles. The van der Waals surface area contributed by atoms with Gasteiger partial charge in [0.1, 0.15) is 45.5 Å². The fourth-order valence-corrected chi connectivity index (χ4v) is 5.33. The van der Waals surface area contributed by atoms with Crippen molar-refractivity contribution >= 4 is 35.1 Å². The predicted octanol–water partition coefficient (Wildman–Crippen LogP) is 9.46. The van der Waals surface area contributed by atoms with Crippen LogP contribution in [0.4, 0.5) is 64.1 Å². The Balaban J connectivity index is 0.000000303. The highest BCUT2D eigenvalue weighted by Crippen LogP contribution is 2.41. The molecule has 0 atom stereocenters. The molecule has 0 spiro atoms. The second kappa shape index (κ2) is 25.2. The van der Waals surface area contributed by atoms with Gasteiger partial charge < -0.3 is 65.5 Å². The molecule has 8 N–H and O–H groups in total. The van der Waals surface area contributed by atoms with Crippen LogP contribution in [-0.4, -0.2) is 78.8 Å². The number of pyridine rings is 2. The van der Waals surface area contributed by atoms with Gasteiger partial charge in [-0.15, -0.1) is 26.3 Å². The highest BCUT2D eigenvalue weighted by Gasteiger charge is 2.33. The van der Waals surface area contributed by atoms with Crippen LogP contribution in [0.3, 0.4) is 0 Å². The monoisotopic (exact) mass is 1090 g/mol. The van der Waals surface area contributed by atoms with E-state index in [0.717, 1.165) is 36.5 Å². The summed E-state index contributed by atoms with van der Waals surface area (Å²) in [5.41, 5.74) is 13.5. The number of nitrogens with two attached hydrogens (primary N) is 3. The molecule has 31 heteroatoms. The molecule has 400 valence electrons. The summed E-state index contributed by atoms with van der Waals surface area (Å²) in [6, 6.07) is 12.0. The Morgan fingerprint density at radius 2 is 1.00 bits per heavy atom. The molecule has 2 heterocycles. The quantitative estimate of drug-likeness (QED) is 0.0532. The molecule has 0 aliphatic carbocycles. The zero-order valence-corrected chi connectivity index (χ0v) is 36.4. The number of nitrogens with one attached hydrogen (secondary N) is 1. The number of halogens is 12. The summed E-state index contributed by atoms with van der Waals surface area (Å²) in [4.78, 5) is 53.3. The highest BCUT2D eigenvalue weighted by atomic mass is 19.4. The van der Waals surface area contributed by atoms with Crippen molar-refractivity contribution in [3.05, 3.63) is 131 Å². The number of aromatic carboxylic acids is 1. The Labute approximate surface area is 419 Å². The lowest BCUT2D eigenvalue weighted by molar-refractivity contribution is -0.275. The number of carbonyl (C=O) groups excluding carboxylic acids is 3. The molecule has 0 bridgehead atoms. The number of methoxy groups -OCH3 is 2. The number of hydrogen-bond acceptors (Lipinski definition) is 15. The lowest BCUT2D eigenvalue weighted by Gasteiger charge is -2.17. The SMILES string of the molecule is NC(=O)c1ccc(N)cn1.[2H]C([2H])([2H])Oc1cc(OC(F)(F)F)ccc1Oc1ccc(OC(F)F)c(F)c1C(=O)Nc1ccc(C(N)=O)nc1.[2H]C([2H])([2H])Oc1cc(OC(F)(F)F)ccc1Oc1ccc(OC(F)F)c(F)c1C(=O)O. The van der Waals surface area contributed by atoms with E-state index in [1.165, 1.54) is 12.3 Å². The van der Waals surface area contributed by atoms with Gasteiger partial charge in [-0.1, -0.05) is 0 Å². The Hall–Kier alpha value is -9.58. The maximum Gasteiger partial charge on any atom is 0.573 e. The van der Waals surface area contributed by atoms with Gasteiger partial charge in [-0.25, -0.2) is 23.5 Å². The number of alkyl halides is 10. The summed E-state index contributed by atoms with van der Waals surface area (Å²) in [6.45, 7) is -6.97. The van der Waals surface area contributed by atoms with Gasteiger partial charge in [-0.2, -0.15) is 17.6 Å². The maximum atomic E-state index is 15.2. The minimum Gasteiger partial charge on any atom is -0.493 e. The number of primary amides is 2. The first kappa shape index (κ1) is 49.0. The maximum absolute atomic E-state index is 15.2. The van der Waals surface area contributed by atoms with Gasteiger partial charge in [0.05, 0.1) is 46.1 Å². The van der Waals surface area contributed by atoms with Crippen LogP contribution in [0.15, 0.2) is 97.3 Å². The molecule has 0 aliphatic rings. The molecule has 0 saturated heterocycles. The molecule has 75 heavy (non-hydrogen) atoms. The number of carboxylic acid groups (broad SMARTS) is 1. The third kappa shape index (κ3) is 17.3. The molecule has 6 aromatic rings. The summed E-state index contributed by atoms with van der Waals surface area (Å²) >= 11 is 0. The number of anilines is 2. The fourth-order valence-electron chi connectivity index (χ4n) is 5.33. The topological polar surface area (TPSA) is 278 Å². The van der Waals surface area contributed by atoms with Crippen molar-refractivity contribution in [1.82, 2.24) is 9.97 Å². The zero-order chi connectivity index (χ0) is 60.9. The number of ether oxygens (including phenoxy) is 8. The van der Waals surface area contributed by atoms with Crippen LogP contribution in [0.5, 0.6) is 57.5 Å². The van der Waals surface area contributed by atoms with Gasteiger partial charge in [0.25, 0.3) is 17.7 Å². The molecule has 0 aliphatic heterocycles. The lowest BCUT2D eigenvalue weighted by atomic mass is 10.1. The number of carboxylic acids is 1. The van der Waals surface area contributed by atoms with E-state index in [1.54, 1.807) is 6.07 Å². The van der Waals surface area contributed by atoms with Gasteiger partial charge in [0, 0.05) is 12.1 Å². The number of nitrogen functional groups attached to an aromatic ring is 1. The van der Waals surface area contributed by atoms with Gasteiger partial charge >= 0.3 is 31.9 Å². The van der Waals surface area contributed by atoms with E-state index >= 15 is 4.39 Å². The van der Waals surface area contributed by atoms with Crippen molar-refractivity contribution in [2.24, 2.45) is 11.5 Å². The highest BCUT2D eigenvalue weighted by molar-refractivity contribution is 6.07. The Morgan fingerprint density at radius 3 is 1.37 bits per heavy atom. The number of nitrogens with zero attached hydrogens (tertiary/aromatic N) is 2. The predicted molar refractivity (Wildman–Crippen MR) is 230 cm³/mol. The van der Waals surface area contributed by atoms with Crippen LogP contribution in [0.25, 0.3) is 0 Å². The van der Waals surface area contributed by atoms with E-state index in [9.17, 15) is 72.6 Å². The molecular weight excluding hydrogens is 1050 g/mol. The standard InChI is InChI=1S/C22H15F6N3O6.C16H10F6O6.C6H7N3O/c1-34-16-8-11(37-22(26,27)28)3-5-13(16)35-14-6-7-15(36-21(24)25)18(23)17(14)20(33)31-10-2-4-12(19(29)32)30-9-10;1-25-11-6-7(28-16(20,21)22)2-3-8(11)26-9-4-5-10(27-15(18)19)13(17)12(9)14(23)24;7-4-1-2-5(6(8)10)9-3-4/h2-9,21H,1H3,(H2,29,32)(H,31,33);2-6,15H,1H3,(H,23,24);1-3H,7H2,(H2,8,10)/i2*1D3;. The normalized spacial score (nSPS) is 12.5. The van der Waals surface area contributed by atoms with E-state index in [1.807, 2.05) is 0 Å². The average Bonchev–Trinajstić information content (AvgIpc) is 3.36. The minimum absolute atomic E-state index is 0.111. The Kier molecular flexibility index (Phi) is 16.5. The van der Waals surface area contributed by atoms with Gasteiger partial charge in [0.15, 0.2) is 46.1 Å². The van der Waals surface area contributed by atoms with E-state index < -0.39 is 144 Å². The van der Waals surface area contributed by atoms with Gasteiger partial charge in [0.2, 0.25) is 0 Å². The third-order valence-electron chi connectivity index (χ3n) is 8.28. The minimum atomic E-state index is -5.15. The summed E-state index contributed by atoms with van der Waals surface area (Å²) in [5.74, 6) is -16.6. The van der Waals surface area contributed by atoms with Crippen LogP contribution in [0.1, 0.15) is 49.9 Å². The molecule has 6 rings (SSSR count). The summed E-state index contributed by atoms with van der Waals surface area (Å²) < 4.78 is 233. The summed E-state index contributed by atoms with van der Waals surface area (Å²) in [7, 11) is -6.38. The van der Waals surface area contributed by atoms with Crippen LogP contribution in [0.2, 0.25) is 0 Å². The number of aromatic nitrogens is 2. The number of carbonyl (C=O) groups is 4. The van der Waals surface area contributed by atoms with E-state index in [0.29, 0.717) is 48.2 Å². The molecule has 0 radical (unpaired) electrons. The van der Waals surface area contributed by atoms with Crippen LogP contribution >= 0.6 is 0 Å². The van der Waals surface area contributed by atoms with Crippen LogP contribution < -0.4 is 60.4 Å². The first-order valence-corrected chi connectivity index (χ1v) is 19.3. The molecule has 0 fully saturated rings. The van der Waals surface area contributed by atoms with Crippen molar-refractivity contribution < 1.29 is 123 Å². The van der Waals surface area contributed by atoms with E-state index in [4.69, 9.17) is 34.9 Å². The third-order valence-corrected chi connectivity index (χ3v) is 8.28. The number of amides is 3.